The fourth-order valence-corrected chi connectivity index (χ4v) is 3.56. The van der Waals surface area contributed by atoms with Crippen LogP contribution in [-0.4, -0.2) is 25.2 Å². The lowest BCUT2D eigenvalue weighted by Gasteiger charge is -2.07. The topological polar surface area (TPSA) is 69.6 Å². The van der Waals surface area contributed by atoms with Crippen LogP contribution in [0.5, 0.6) is 0 Å². The van der Waals surface area contributed by atoms with E-state index in [1.807, 2.05) is 32.5 Å². The van der Waals surface area contributed by atoms with Crippen LogP contribution in [-0.2, 0) is 13.5 Å². The summed E-state index contributed by atoms with van der Waals surface area (Å²) in [6.07, 6.45) is 0.833. The Morgan fingerprint density at radius 2 is 2.17 bits per heavy atom. The molecule has 0 radical (unpaired) electrons. The molecule has 2 heterocycles. The van der Waals surface area contributed by atoms with Gasteiger partial charge in [-0.2, -0.15) is 9.47 Å². The third-order valence-electron chi connectivity index (χ3n) is 2.51. The van der Waals surface area contributed by atoms with E-state index < -0.39 is 0 Å². The fourth-order valence-electron chi connectivity index (χ4n) is 1.77. The fraction of sp³-hybridized carbons (Fsp3) is 0.545. The monoisotopic (exact) mass is 283 g/mol. The minimum atomic E-state index is 0.128. The summed E-state index contributed by atoms with van der Waals surface area (Å²) < 4.78 is 7.04. The van der Waals surface area contributed by atoms with Crippen LogP contribution in [0, 0.1) is 13.8 Å². The summed E-state index contributed by atoms with van der Waals surface area (Å²) >= 11 is 3.03. The quantitative estimate of drug-likeness (QED) is 0.928. The Balaban J connectivity index is 2.31. The minimum absolute atomic E-state index is 0.128. The lowest BCUT2D eigenvalue weighted by atomic mass is 10.1. The van der Waals surface area contributed by atoms with Crippen LogP contribution in [0.4, 0.5) is 0 Å². The highest BCUT2D eigenvalue weighted by atomic mass is 32.2. The van der Waals surface area contributed by atoms with Crippen molar-refractivity contribution in [2.45, 2.75) is 42.6 Å². The van der Waals surface area contributed by atoms with Crippen molar-refractivity contribution in [3.63, 3.8) is 0 Å². The lowest BCUT2D eigenvalue weighted by molar-refractivity contribution is 0.677. The normalized spacial score (nSPS) is 12.9. The van der Waals surface area contributed by atoms with Gasteiger partial charge < -0.3 is 5.73 Å². The van der Waals surface area contributed by atoms with Gasteiger partial charge in [0.05, 0.1) is 5.69 Å². The third kappa shape index (κ3) is 2.90. The molecule has 0 aliphatic carbocycles. The standard InChI is InChI=1S/C11H17N5S2/c1-6(12)5-9-7(2)14-16(4)10(9)17-11-13-8(3)15-18-11/h6H,5,12H2,1-4H3. The largest absolute Gasteiger partial charge is 0.328 e. The number of aryl methyl sites for hydroxylation is 3. The maximum atomic E-state index is 5.90. The molecule has 2 aromatic heterocycles. The smallest absolute Gasteiger partial charge is 0.176 e. The highest BCUT2D eigenvalue weighted by Crippen LogP contribution is 2.33. The number of nitrogens with zero attached hydrogens (tertiary/aromatic N) is 4. The molecule has 2 aromatic rings. The molecule has 0 aliphatic heterocycles. The highest BCUT2D eigenvalue weighted by molar-refractivity contribution is 8.00. The Morgan fingerprint density at radius 3 is 2.72 bits per heavy atom. The second kappa shape index (κ2) is 5.38. The molecule has 0 saturated carbocycles. The van der Waals surface area contributed by atoms with Gasteiger partial charge in [0.1, 0.15) is 10.9 Å². The van der Waals surface area contributed by atoms with Gasteiger partial charge in [-0.25, -0.2) is 4.98 Å². The Labute approximate surface area is 115 Å². The van der Waals surface area contributed by atoms with Crippen molar-refractivity contribution in [1.82, 2.24) is 19.1 Å². The van der Waals surface area contributed by atoms with Gasteiger partial charge >= 0.3 is 0 Å². The molecule has 1 atom stereocenters. The zero-order valence-electron chi connectivity index (χ0n) is 11.0. The molecular weight excluding hydrogens is 266 g/mol. The Kier molecular flexibility index (Phi) is 4.04. The van der Waals surface area contributed by atoms with Crippen molar-refractivity contribution in [1.29, 1.82) is 0 Å². The molecule has 0 spiro atoms. The van der Waals surface area contributed by atoms with Crippen LogP contribution in [0.3, 0.4) is 0 Å². The van der Waals surface area contributed by atoms with Gasteiger partial charge in [-0.15, -0.1) is 0 Å². The molecule has 18 heavy (non-hydrogen) atoms. The predicted molar refractivity (Wildman–Crippen MR) is 74.1 cm³/mol. The van der Waals surface area contributed by atoms with E-state index in [4.69, 9.17) is 5.73 Å². The van der Waals surface area contributed by atoms with Gasteiger partial charge in [0.25, 0.3) is 0 Å². The molecule has 0 bridgehead atoms. The molecule has 0 aromatic carbocycles. The minimum Gasteiger partial charge on any atom is -0.328 e. The number of hydrogen-bond donors (Lipinski definition) is 1. The van der Waals surface area contributed by atoms with Gasteiger partial charge in [-0.3, -0.25) is 4.68 Å². The maximum Gasteiger partial charge on any atom is 0.176 e. The summed E-state index contributed by atoms with van der Waals surface area (Å²) in [6, 6.07) is 0.128. The molecule has 0 saturated heterocycles. The van der Waals surface area contributed by atoms with Crippen molar-refractivity contribution >= 4 is 23.3 Å². The lowest BCUT2D eigenvalue weighted by Crippen LogP contribution is -2.18. The van der Waals surface area contributed by atoms with E-state index >= 15 is 0 Å². The summed E-state index contributed by atoms with van der Waals surface area (Å²) in [4.78, 5) is 4.37. The van der Waals surface area contributed by atoms with Gasteiger partial charge in [-0.1, -0.05) is 0 Å². The molecule has 98 valence electrons. The van der Waals surface area contributed by atoms with Gasteiger partial charge in [0.2, 0.25) is 0 Å². The summed E-state index contributed by atoms with van der Waals surface area (Å²) in [5.74, 6) is 0.815. The van der Waals surface area contributed by atoms with Crippen LogP contribution in [0.25, 0.3) is 0 Å². The van der Waals surface area contributed by atoms with Crippen LogP contribution in [0.15, 0.2) is 9.37 Å². The highest BCUT2D eigenvalue weighted by Gasteiger charge is 2.17. The Hall–Kier alpha value is -0.920. The second-order valence-electron chi connectivity index (χ2n) is 4.38. The third-order valence-corrected chi connectivity index (χ3v) is 4.55. The summed E-state index contributed by atoms with van der Waals surface area (Å²) in [5.41, 5.74) is 8.15. The number of hydrogen-bond acceptors (Lipinski definition) is 6. The van der Waals surface area contributed by atoms with E-state index in [9.17, 15) is 0 Å². The van der Waals surface area contributed by atoms with Crippen molar-refractivity contribution in [3.05, 3.63) is 17.1 Å². The molecule has 1 unspecified atom stereocenters. The molecule has 2 rings (SSSR count). The molecule has 0 fully saturated rings. The van der Waals surface area contributed by atoms with Gasteiger partial charge in [0, 0.05) is 18.7 Å². The molecule has 7 heteroatoms. The van der Waals surface area contributed by atoms with Crippen molar-refractivity contribution < 1.29 is 0 Å². The molecule has 0 amide bonds. The van der Waals surface area contributed by atoms with Crippen LogP contribution < -0.4 is 5.73 Å². The SMILES string of the molecule is Cc1nsc(Sc2c(CC(C)N)c(C)nn2C)n1. The molecular formula is C11H17N5S2. The number of aromatic nitrogens is 4. The van der Waals surface area contributed by atoms with E-state index in [1.54, 1.807) is 11.8 Å². The average molecular weight is 283 g/mol. The zero-order valence-corrected chi connectivity index (χ0v) is 12.6. The summed E-state index contributed by atoms with van der Waals surface area (Å²) in [5, 5.41) is 5.58. The first-order valence-corrected chi connectivity index (χ1v) is 7.32. The van der Waals surface area contributed by atoms with Crippen molar-refractivity contribution in [2.24, 2.45) is 12.8 Å². The first-order chi connectivity index (χ1) is 8.47. The zero-order chi connectivity index (χ0) is 13.3. The predicted octanol–water partition coefficient (Wildman–Crippen LogP) is 1.93. The van der Waals surface area contributed by atoms with Crippen LogP contribution in [0.1, 0.15) is 24.0 Å². The molecule has 5 nitrogen and oxygen atoms in total. The molecule has 2 N–H and O–H groups in total. The van der Waals surface area contributed by atoms with Crippen molar-refractivity contribution in [2.75, 3.05) is 0 Å². The summed E-state index contributed by atoms with van der Waals surface area (Å²) in [7, 11) is 1.95. The van der Waals surface area contributed by atoms with Crippen molar-refractivity contribution in [3.8, 4) is 0 Å². The number of nitrogens with two attached hydrogens (primary N) is 1. The molecule has 0 aliphatic rings. The first-order valence-electron chi connectivity index (χ1n) is 5.73. The van der Waals surface area contributed by atoms with Gasteiger partial charge in [0.15, 0.2) is 4.34 Å². The average Bonchev–Trinajstić information content (AvgIpc) is 2.77. The van der Waals surface area contributed by atoms with E-state index in [-0.39, 0.29) is 6.04 Å². The number of rotatable bonds is 4. The van der Waals surface area contributed by atoms with Crippen LogP contribution in [0.2, 0.25) is 0 Å². The van der Waals surface area contributed by atoms with Crippen LogP contribution >= 0.6 is 23.3 Å². The van der Waals surface area contributed by atoms with E-state index in [0.29, 0.717) is 0 Å². The Morgan fingerprint density at radius 1 is 1.44 bits per heavy atom. The van der Waals surface area contributed by atoms with Gasteiger partial charge in [-0.05, 0) is 50.5 Å². The Bertz CT molecular complexity index is 544. The second-order valence-corrected chi connectivity index (χ2v) is 6.37. The maximum absolute atomic E-state index is 5.90. The van der Waals surface area contributed by atoms with E-state index in [1.165, 1.54) is 17.1 Å². The summed E-state index contributed by atoms with van der Waals surface area (Å²) in [6.45, 7) is 5.93. The van der Waals surface area contributed by atoms with E-state index in [2.05, 4.69) is 14.5 Å². The van der Waals surface area contributed by atoms with E-state index in [0.717, 1.165) is 27.3 Å². The first kappa shape index (κ1) is 13.5.